The van der Waals surface area contributed by atoms with Gasteiger partial charge in [-0.1, -0.05) is 11.2 Å². The van der Waals surface area contributed by atoms with Crippen LogP contribution in [0.5, 0.6) is 0 Å². The first-order chi connectivity index (χ1) is 11.6. The van der Waals surface area contributed by atoms with Gasteiger partial charge in [0.2, 0.25) is 5.91 Å². The summed E-state index contributed by atoms with van der Waals surface area (Å²) in [6.45, 7) is 6.87. The molecule has 2 aromatic rings. The molecule has 2 N–H and O–H groups in total. The van der Waals surface area contributed by atoms with Crippen molar-refractivity contribution in [2.45, 2.75) is 20.3 Å². The van der Waals surface area contributed by atoms with E-state index in [0.717, 1.165) is 37.6 Å². The minimum absolute atomic E-state index is 0.0581. The molecule has 128 valence electrons. The third kappa shape index (κ3) is 4.55. The number of aryl methyl sites for hydroxylation is 2. The van der Waals surface area contributed by atoms with Crippen molar-refractivity contribution in [3.63, 3.8) is 0 Å². The highest BCUT2D eigenvalue weighted by atomic mass is 16.5. The monoisotopic (exact) mass is 329 g/mol. The average molecular weight is 329 g/mol. The molecule has 1 saturated heterocycles. The molecular formula is C17H23N5O2. The van der Waals surface area contributed by atoms with E-state index in [9.17, 15) is 4.79 Å². The number of nitrogens with zero attached hydrogens (tertiary/aromatic N) is 3. The Balaban J connectivity index is 1.41. The topological polar surface area (TPSA) is 83.3 Å². The number of likely N-dealkylation sites (tertiary alicyclic amines) is 1. The van der Waals surface area contributed by atoms with E-state index in [1.165, 1.54) is 0 Å². The van der Waals surface area contributed by atoms with Gasteiger partial charge in [-0.15, -0.1) is 0 Å². The van der Waals surface area contributed by atoms with Gasteiger partial charge in [-0.25, -0.2) is 4.98 Å². The number of anilines is 2. The molecule has 1 fully saturated rings. The van der Waals surface area contributed by atoms with E-state index in [-0.39, 0.29) is 5.91 Å². The first-order valence-electron chi connectivity index (χ1n) is 8.21. The second-order valence-corrected chi connectivity index (χ2v) is 6.31. The average Bonchev–Trinajstić information content (AvgIpc) is 3.14. The van der Waals surface area contributed by atoms with E-state index in [2.05, 4.69) is 25.7 Å². The Morgan fingerprint density at radius 3 is 3.00 bits per heavy atom. The Morgan fingerprint density at radius 1 is 1.38 bits per heavy atom. The summed E-state index contributed by atoms with van der Waals surface area (Å²) >= 11 is 0. The van der Waals surface area contributed by atoms with Crippen LogP contribution in [-0.2, 0) is 4.79 Å². The molecule has 0 aromatic carbocycles. The van der Waals surface area contributed by atoms with Crippen LogP contribution in [0.3, 0.4) is 0 Å². The molecular weight excluding hydrogens is 306 g/mol. The second kappa shape index (κ2) is 7.44. The molecule has 1 aliphatic rings. The molecule has 0 saturated carbocycles. The van der Waals surface area contributed by atoms with E-state index in [4.69, 9.17) is 4.52 Å². The van der Waals surface area contributed by atoms with Crippen molar-refractivity contribution in [3.8, 4) is 0 Å². The molecule has 7 heteroatoms. The van der Waals surface area contributed by atoms with Crippen LogP contribution < -0.4 is 10.6 Å². The molecule has 24 heavy (non-hydrogen) atoms. The third-order valence-electron chi connectivity index (χ3n) is 4.09. The van der Waals surface area contributed by atoms with Gasteiger partial charge in [0.25, 0.3) is 0 Å². The van der Waals surface area contributed by atoms with Gasteiger partial charge >= 0.3 is 0 Å². The van der Waals surface area contributed by atoms with Gasteiger partial charge in [0.15, 0.2) is 5.82 Å². The summed E-state index contributed by atoms with van der Waals surface area (Å²) in [6.07, 6.45) is 1.08. The van der Waals surface area contributed by atoms with Crippen LogP contribution in [-0.4, -0.2) is 47.1 Å². The van der Waals surface area contributed by atoms with Crippen LogP contribution >= 0.6 is 0 Å². The van der Waals surface area contributed by atoms with E-state index in [1.54, 1.807) is 13.0 Å². The summed E-state index contributed by atoms with van der Waals surface area (Å²) in [5.41, 5.74) is 1.01. The SMILES string of the molecule is Cc1cccc(NC[C@@H]2CCN(CC(=O)Nc3cc(C)on3)C2)n1. The Kier molecular flexibility index (Phi) is 5.10. The molecule has 0 bridgehead atoms. The molecule has 3 heterocycles. The zero-order valence-electron chi connectivity index (χ0n) is 14.1. The fourth-order valence-corrected chi connectivity index (χ4v) is 2.92. The second-order valence-electron chi connectivity index (χ2n) is 6.31. The fourth-order valence-electron chi connectivity index (χ4n) is 2.92. The summed E-state index contributed by atoms with van der Waals surface area (Å²) in [4.78, 5) is 18.7. The Bertz CT molecular complexity index is 700. The Hall–Kier alpha value is -2.41. The van der Waals surface area contributed by atoms with Crippen molar-refractivity contribution < 1.29 is 9.32 Å². The number of hydrogen-bond donors (Lipinski definition) is 2. The number of carbonyl (C=O) groups is 1. The Labute approximate surface area is 141 Å². The van der Waals surface area contributed by atoms with Gasteiger partial charge in [0.1, 0.15) is 11.6 Å². The lowest BCUT2D eigenvalue weighted by molar-refractivity contribution is -0.117. The van der Waals surface area contributed by atoms with Crippen molar-refractivity contribution in [1.82, 2.24) is 15.0 Å². The first-order valence-corrected chi connectivity index (χ1v) is 8.21. The molecule has 0 radical (unpaired) electrons. The highest BCUT2D eigenvalue weighted by Crippen LogP contribution is 2.17. The van der Waals surface area contributed by atoms with Crippen LogP contribution in [0.4, 0.5) is 11.6 Å². The molecule has 1 amide bonds. The quantitative estimate of drug-likeness (QED) is 0.844. The minimum Gasteiger partial charge on any atom is -0.370 e. The molecule has 0 spiro atoms. The summed E-state index contributed by atoms with van der Waals surface area (Å²) in [5, 5.41) is 9.91. The lowest BCUT2D eigenvalue weighted by Crippen LogP contribution is -2.32. The molecule has 0 unspecified atom stereocenters. The highest BCUT2D eigenvalue weighted by Gasteiger charge is 2.24. The van der Waals surface area contributed by atoms with Gasteiger partial charge in [0.05, 0.1) is 6.54 Å². The predicted molar refractivity (Wildman–Crippen MR) is 91.9 cm³/mol. The van der Waals surface area contributed by atoms with Gasteiger partial charge in [-0.2, -0.15) is 0 Å². The van der Waals surface area contributed by atoms with Crippen molar-refractivity contribution in [2.24, 2.45) is 5.92 Å². The zero-order valence-corrected chi connectivity index (χ0v) is 14.1. The van der Waals surface area contributed by atoms with E-state index in [1.807, 2.05) is 25.1 Å². The minimum atomic E-state index is -0.0581. The van der Waals surface area contributed by atoms with Crippen LogP contribution in [0, 0.1) is 19.8 Å². The molecule has 7 nitrogen and oxygen atoms in total. The summed E-state index contributed by atoms with van der Waals surface area (Å²) in [7, 11) is 0. The lowest BCUT2D eigenvalue weighted by atomic mass is 10.1. The molecule has 3 rings (SSSR count). The number of nitrogens with one attached hydrogen (secondary N) is 2. The fraction of sp³-hybridized carbons (Fsp3) is 0.471. The number of rotatable bonds is 6. The van der Waals surface area contributed by atoms with Gasteiger partial charge < -0.3 is 15.2 Å². The van der Waals surface area contributed by atoms with Crippen molar-refractivity contribution in [1.29, 1.82) is 0 Å². The largest absolute Gasteiger partial charge is 0.370 e. The summed E-state index contributed by atoms with van der Waals surface area (Å²) < 4.78 is 4.94. The number of amides is 1. The summed E-state index contributed by atoms with van der Waals surface area (Å²) in [6, 6.07) is 7.68. The Morgan fingerprint density at radius 2 is 2.25 bits per heavy atom. The molecule has 1 atom stereocenters. The van der Waals surface area contributed by atoms with Gasteiger partial charge in [-0.3, -0.25) is 9.69 Å². The summed E-state index contributed by atoms with van der Waals surface area (Å²) in [5.74, 6) is 2.53. The maximum absolute atomic E-state index is 12.0. The molecule has 1 aliphatic heterocycles. The maximum Gasteiger partial charge on any atom is 0.239 e. The smallest absolute Gasteiger partial charge is 0.239 e. The zero-order chi connectivity index (χ0) is 16.9. The first kappa shape index (κ1) is 16.4. The third-order valence-corrected chi connectivity index (χ3v) is 4.09. The van der Waals surface area contributed by atoms with Crippen LogP contribution in [0.15, 0.2) is 28.8 Å². The van der Waals surface area contributed by atoms with Gasteiger partial charge in [0, 0.05) is 24.8 Å². The normalized spacial score (nSPS) is 17.8. The van der Waals surface area contributed by atoms with E-state index < -0.39 is 0 Å². The number of carbonyl (C=O) groups excluding carboxylic acids is 1. The number of aromatic nitrogens is 2. The van der Waals surface area contributed by atoms with Crippen LogP contribution in [0.25, 0.3) is 0 Å². The maximum atomic E-state index is 12.0. The van der Waals surface area contributed by atoms with Crippen LogP contribution in [0.2, 0.25) is 0 Å². The molecule has 0 aliphatic carbocycles. The highest BCUT2D eigenvalue weighted by molar-refractivity contribution is 5.91. The predicted octanol–water partition coefficient (Wildman–Crippen LogP) is 2.06. The number of pyridine rings is 1. The van der Waals surface area contributed by atoms with Crippen molar-refractivity contribution in [2.75, 3.05) is 36.8 Å². The number of hydrogen-bond acceptors (Lipinski definition) is 6. The lowest BCUT2D eigenvalue weighted by Gasteiger charge is -2.15. The van der Waals surface area contributed by atoms with E-state index in [0.29, 0.717) is 24.0 Å². The van der Waals surface area contributed by atoms with Gasteiger partial charge in [-0.05, 0) is 44.9 Å². The van der Waals surface area contributed by atoms with Crippen LogP contribution in [0.1, 0.15) is 17.9 Å². The molecule has 2 aromatic heterocycles. The van der Waals surface area contributed by atoms with E-state index >= 15 is 0 Å². The van der Waals surface area contributed by atoms with Crippen molar-refractivity contribution in [3.05, 3.63) is 35.7 Å². The standard InChI is InChI=1S/C17H23N5O2/c1-12-4-3-5-15(19-12)18-9-14-6-7-22(10-14)11-17(23)20-16-8-13(2)24-21-16/h3-5,8,14H,6-7,9-11H2,1-2H3,(H,18,19)(H,20,21,23)/t14-/m0/s1. The van der Waals surface area contributed by atoms with Crippen molar-refractivity contribution >= 4 is 17.5 Å².